The van der Waals surface area contributed by atoms with Crippen molar-refractivity contribution in [2.24, 2.45) is 4.99 Å². The van der Waals surface area contributed by atoms with Crippen molar-refractivity contribution in [1.82, 2.24) is 0 Å². The van der Waals surface area contributed by atoms with Crippen LogP contribution in [0.2, 0.25) is 0 Å². The van der Waals surface area contributed by atoms with Crippen molar-refractivity contribution in [3.05, 3.63) is 35.9 Å². The summed E-state index contributed by atoms with van der Waals surface area (Å²) < 4.78 is 5.53. The molecule has 0 bridgehead atoms. The predicted octanol–water partition coefficient (Wildman–Crippen LogP) is 3.54. The number of carbonyl (C=O) groups excluding carboxylic acids is 1. The molecule has 1 aliphatic carbocycles. The van der Waals surface area contributed by atoms with Crippen LogP contribution in [0.25, 0.3) is 0 Å². The Morgan fingerprint density at radius 1 is 1.16 bits per heavy atom. The molecule has 0 amide bonds. The minimum atomic E-state index is -0.519. The highest BCUT2D eigenvalue weighted by molar-refractivity contribution is 8.15. The molecule has 3 nitrogen and oxygen atoms in total. The number of esters is 1. The van der Waals surface area contributed by atoms with E-state index >= 15 is 0 Å². The van der Waals surface area contributed by atoms with E-state index in [1.807, 2.05) is 18.2 Å². The number of ether oxygens (including phenoxy) is 1. The number of aliphatic imine (C=N–C) groups is 1. The molecule has 19 heavy (non-hydrogen) atoms. The Balaban J connectivity index is 1.67. The van der Waals surface area contributed by atoms with Crippen molar-refractivity contribution in [2.45, 2.75) is 43.6 Å². The minimum Gasteiger partial charge on any atom is -0.432 e. The van der Waals surface area contributed by atoms with Gasteiger partial charge in [0.25, 0.3) is 0 Å². The summed E-state index contributed by atoms with van der Waals surface area (Å²) in [5.74, 6) is 0.535. The lowest BCUT2D eigenvalue weighted by Gasteiger charge is -2.28. The maximum atomic E-state index is 11.9. The lowest BCUT2D eigenvalue weighted by Crippen LogP contribution is -2.30. The fourth-order valence-corrected chi connectivity index (χ4v) is 3.49. The Kier molecular flexibility index (Phi) is 3.60. The van der Waals surface area contributed by atoms with E-state index in [4.69, 9.17) is 4.74 Å². The van der Waals surface area contributed by atoms with Crippen molar-refractivity contribution in [3.8, 4) is 0 Å². The molecule has 0 aromatic heterocycles. The number of hydrogen-bond donors (Lipinski definition) is 0. The van der Waals surface area contributed by atoms with Crippen LogP contribution >= 0.6 is 11.8 Å². The summed E-state index contributed by atoms with van der Waals surface area (Å²) in [7, 11) is 0. The molecule has 3 rings (SSSR count). The fraction of sp³-hybridized carbons (Fsp3) is 0.467. The molecule has 0 atom stereocenters. The quantitative estimate of drug-likeness (QED) is 0.775. The van der Waals surface area contributed by atoms with Gasteiger partial charge in [-0.25, -0.2) is 9.79 Å². The maximum Gasteiger partial charge on any atom is 0.365 e. The molecule has 1 aromatic rings. The van der Waals surface area contributed by atoms with Gasteiger partial charge in [0.15, 0.2) is 5.04 Å². The van der Waals surface area contributed by atoms with Crippen LogP contribution in [0, 0.1) is 0 Å². The normalized spacial score (nSPS) is 21.3. The summed E-state index contributed by atoms with van der Waals surface area (Å²) in [6.45, 7) is 0. The van der Waals surface area contributed by atoms with Gasteiger partial charge in [0.05, 0.1) is 0 Å². The highest BCUT2D eigenvalue weighted by Crippen LogP contribution is 2.38. The van der Waals surface area contributed by atoms with Gasteiger partial charge < -0.3 is 4.74 Å². The molecule has 4 heteroatoms. The predicted molar refractivity (Wildman–Crippen MR) is 77.1 cm³/mol. The van der Waals surface area contributed by atoms with E-state index in [-0.39, 0.29) is 5.97 Å². The molecule has 1 heterocycles. The molecular formula is C15H17NO2S. The summed E-state index contributed by atoms with van der Waals surface area (Å²) in [6.07, 6.45) is 5.20. The van der Waals surface area contributed by atoms with Crippen LogP contribution < -0.4 is 0 Å². The van der Waals surface area contributed by atoms with E-state index in [0.29, 0.717) is 5.04 Å². The first-order valence-corrected chi connectivity index (χ1v) is 7.76. The molecule has 1 spiro atoms. The molecule has 1 aromatic carbocycles. The first-order valence-electron chi connectivity index (χ1n) is 6.77. The standard InChI is InChI=1S/C15H17NO2S/c17-14-13(19-11-12-7-3-1-4-8-12)16-15(18-14)9-5-2-6-10-15/h1,3-4,7-8H,2,5-6,9-11H2. The molecule has 1 aliphatic heterocycles. The van der Waals surface area contributed by atoms with Crippen molar-refractivity contribution in [1.29, 1.82) is 0 Å². The lowest BCUT2D eigenvalue weighted by atomic mass is 9.92. The third kappa shape index (κ3) is 2.84. The Bertz CT molecular complexity index is 492. The lowest BCUT2D eigenvalue weighted by molar-refractivity contribution is -0.148. The molecule has 1 fully saturated rings. The number of rotatable bonds is 2. The van der Waals surface area contributed by atoms with E-state index < -0.39 is 5.72 Å². The van der Waals surface area contributed by atoms with Crippen LogP contribution in [0.5, 0.6) is 0 Å². The van der Waals surface area contributed by atoms with Crippen molar-refractivity contribution in [3.63, 3.8) is 0 Å². The van der Waals surface area contributed by atoms with Gasteiger partial charge in [-0.2, -0.15) is 0 Å². The fourth-order valence-electron chi connectivity index (χ4n) is 2.60. The van der Waals surface area contributed by atoms with Gasteiger partial charge in [0.2, 0.25) is 5.72 Å². The van der Waals surface area contributed by atoms with Gasteiger partial charge in [-0.3, -0.25) is 0 Å². The molecule has 100 valence electrons. The molecule has 2 aliphatic rings. The number of nitrogens with zero attached hydrogens (tertiary/aromatic N) is 1. The number of thioether (sulfide) groups is 1. The molecule has 0 saturated heterocycles. The van der Waals surface area contributed by atoms with E-state index in [1.54, 1.807) is 0 Å². The van der Waals surface area contributed by atoms with Crippen LogP contribution in [-0.2, 0) is 15.3 Å². The van der Waals surface area contributed by atoms with Gasteiger partial charge in [0.1, 0.15) is 0 Å². The Morgan fingerprint density at radius 3 is 2.63 bits per heavy atom. The maximum absolute atomic E-state index is 11.9. The largest absolute Gasteiger partial charge is 0.432 e. The molecule has 0 unspecified atom stereocenters. The zero-order chi connectivity index (χ0) is 13.1. The highest BCUT2D eigenvalue weighted by atomic mass is 32.2. The number of hydrogen-bond acceptors (Lipinski definition) is 4. The summed E-state index contributed by atoms with van der Waals surface area (Å²) in [6, 6.07) is 10.1. The average molecular weight is 275 g/mol. The van der Waals surface area contributed by atoms with Crippen molar-refractivity contribution < 1.29 is 9.53 Å². The van der Waals surface area contributed by atoms with Crippen LogP contribution in [0.1, 0.15) is 37.7 Å². The van der Waals surface area contributed by atoms with Gasteiger partial charge in [-0.1, -0.05) is 48.5 Å². The van der Waals surface area contributed by atoms with E-state index in [2.05, 4.69) is 17.1 Å². The second kappa shape index (κ2) is 5.37. The average Bonchev–Trinajstić information content (AvgIpc) is 2.74. The summed E-state index contributed by atoms with van der Waals surface area (Å²) in [5, 5.41) is 0.547. The first-order chi connectivity index (χ1) is 9.27. The molecule has 1 saturated carbocycles. The summed E-state index contributed by atoms with van der Waals surface area (Å²) in [5.41, 5.74) is 0.682. The number of carbonyl (C=O) groups is 1. The Hall–Kier alpha value is -1.29. The molecular weight excluding hydrogens is 258 g/mol. The molecule has 0 radical (unpaired) electrons. The molecule has 0 N–H and O–H groups in total. The van der Waals surface area contributed by atoms with Crippen LogP contribution in [-0.4, -0.2) is 16.7 Å². The second-order valence-corrected chi connectivity index (χ2v) is 6.05. The number of benzene rings is 1. The van der Waals surface area contributed by atoms with Crippen LogP contribution in [0.4, 0.5) is 0 Å². The smallest absolute Gasteiger partial charge is 0.365 e. The minimum absolute atomic E-state index is 0.233. The zero-order valence-electron chi connectivity index (χ0n) is 10.8. The first kappa shape index (κ1) is 12.7. The third-order valence-corrected chi connectivity index (χ3v) is 4.62. The third-order valence-electron chi connectivity index (χ3n) is 3.62. The van der Waals surface area contributed by atoms with Crippen molar-refractivity contribution >= 4 is 22.8 Å². The van der Waals surface area contributed by atoms with E-state index in [1.165, 1.54) is 23.7 Å². The Labute approximate surface area is 117 Å². The highest BCUT2D eigenvalue weighted by Gasteiger charge is 2.42. The Morgan fingerprint density at radius 2 is 1.89 bits per heavy atom. The van der Waals surface area contributed by atoms with E-state index in [9.17, 15) is 4.79 Å². The van der Waals surface area contributed by atoms with Gasteiger partial charge in [-0.15, -0.1) is 0 Å². The van der Waals surface area contributed by atoms with Crippen molar-refractivity contribution in [2.75, 3.05) is 0 Å². The van der Waals surface area contributed by atoms with Crippen LogP contribution in [0.15, 0.2) is 35.3 Å². The van der Waals surface area contributed by atoms with Gasteiger partial charge in [-0.05, 0) is 18.4 Å². The second-order valence-electron chi connectivity index (χ2n) is 5.09. The summed E-state index contributed by atoms with van der Waals surface area (Å²) >= 11 is 1.49. The SMILES string of the molecule is O=C1OC2(CCCCC2)N=C1SCc1ccccc1. The van der Waals surface area contributed by atoms with Crippen LogP contribution in [0.3, 0.4) is 0 Å². The monoisotopic (exact) mass is 275 g/mol. The van der Waals surface area contributed by atoms with E-state index in [0.717, 1.165) is 31.4 Å². The summed E-state index contributed by atoms with van der Waals surface area (Å²) in [4.78, 5) is 16.5. The zero-order valence-corrected chi connectivity index (χ0v) is 11.6. The van der Waals surface area contributed by atoms with Gasteiger partial charge in [0, 0.05) is 18.6 Å². The van der Waals surface area contributed by atoms with Gasteiger partial charge >= 0.3 is 5.97 Å². The topological polar surface area (TPSA) is 38.7 Å².